The molecule has 4 heteroatoms. The summed E-state index contributed by atoms with van der Waals surface area (Å²) in [4.78, 5) is 7.92. The Morgan fingerprint density at radius 1 is 1.06 bits per heavy atom. The third kappa shape index (κ3) is 3.91. The van der Waals surface area contributed by atoms with Gasteiger partial charge in [-0.25, -0.2) is 9.97 Å². The SMILES string of the molecule is OCC(Cc1ccccc1)NCc1cncnc1. The van der Waals surface area contributed by atoms with Crippen LogP contribution >= 0.6 is 0 Å². The summed E-state index contributed by atoms with van der Waals surface area (Å²) >= 11 is 0. The predicted octanol–water partition coefficient (Wildman–Crippen LogP) is 1.17. The quantitative estimate of drug-likeness (QED) is 0.799. The lowest BCUT2D eigenvalue weighted by Crippen LogP contribution is -2.34. The molecule has 2 rings (SSSR count). The van der Waals surface area contributed by atoms with Gasteiger partial charge >= 0.3 is 0 Å². The Morgan fingerprint density at radius 3 is 2.44 bits per heavy atom. The molecule has 1 aromatic heterocycles. The van der Waals surface area contributed by atoms with Crippen LogP contribution in [0.2, 0.25) is 0 Å². The lowest BCUT2D eigenvalue weighted by molar-refractivity contribution is 0.240. The molecule has 0 spiro atoms. The van der Waals surface area contributed by atoms with E-state index in [-0.39, 0.29) is 12.6 Å². The fraction of sp³-hybridized carbons (Fsp3) is 0.286. The summed E-state index contributed by atoms with van der Waals surface area (Å²) < 4.78 is 0. The summed E-state index contributed by atoms with van der Waals surface area (Å²) in [5, 5.41) is 12.7. The second-order valence-electron chi connectivity index (χ2n) is 4.20. The van der Waals surface area contributed by atoms with Crippen LogP contribution in [0.4, 0.5) is 0 Å². The minimum atomic E-state index is 0.0487. The van der Waals surface area contributed by atoms with Crippen molar-refractivity contribution >= 4 is 0 Å². The molecule has 18 heavy (non-hydrogen) atoms. The molecule has 2 N–H and O–H groups in total. The highest BCUT2D eigenvalue weighted by Gasteiger charge is 2.07. The predicted molar refractivity (Wildman–Crippen MR) is 69.9 cm³/mol. The van der Waals surface area contributed by atoms with Crippen LogP contribution in [0, 0.1) is 0 Å². The molecule has 0 aliphatic rings. The van der Waals surface area contributed by atoms with Crippen molar-refractivity contribution < 1.29 is 5.11 Å². The van der Waals surface area contributed by atoms with Crippen LogP contribution in [0.15, 0.2) is 49.1 Å². The summed E-state index contributed by atoms with van der Waals surface area (Å²) in [6.45, 7) is 0.779. The number of hydrogen-bond acceptors (Lipinski definition) is 4. The molecule has 0 saturated heterocycles. The summed E-state index contributed by atoms with van der Waals surface area (Å²) in [7, 11) is 0. The molecule has 0 fully saturated rings. The molecule has 0 radical (unpaired) electrons. The van der Waals surface area contributed by atoms with Crippen LogP contribution in [-0.4, -0.2) is 27.7 Å². The Labute approximate surface area is 107 Å². The molecule has 0 aliphatic carbocycles. The molecule has 94 valence electrons. The topological polar surface area (TPSA) is 58.0 Å². The molecular formula is C14H17N3O. The van der Waals surface area contributed by atoms with Gasteiger partial charge < -0.3 is 10.4 Å². The zero-order valence-electron chi connectivity index (χ0n) is 10.2. The third-order valence-corrected chi connectivity index (χ3v) is 2.75. The summed E-state index contributed by atoms with van der Waals surface area (Å²) in [6.07, 6.45) is 5.87. The van der Waals surface area contributed by atoms with E-state index in [9.17, 15) is 5.11 Å². The molecular weight excluding hydrogens is 226 g/mol. The first-order chi connectivity index (χ1) is 8.88. The first-order valence-corrected chi connectivity index (χ1v) is 6.00. The van der Waals surface area contributed by atoms with Gasteiger partial charge in [0.25, 0.3) is 0 Å². The van der Waals surface area contributed by atoms with Gasteiger partial charge in [-0.15, -0.1) is 0 Å². The number of nitrogens with zero attached hydrogens (tertiary/aromatic N) is 2. The highest BCUT2D eigenvalue weighted by molar-refractivity contribution is 5.16. The molecule has 1 aromatic carbocycles. The first kappa shape index (κ1) is 12.7. The lowest BCUT2D eigenvalue weighted by atomic mass is 10.1. The highest BCUT2D eigenvalue weighted by atomic mass is 16.3. The second kappa shape index (κ2) is 6.83. The van der Waals surface area contributed by atoms with Gasteiger partial charge in [-0.3, -0.25) is 0 Å². The Kier molecular flexibility index (Phi) is 4.81. The van der Waals surface area contributed by atoms with Crippen LogP contribution in [0.1, 0.15) is 11.1 Å². The van der Waals surface area contributed by atoms with Crippen molar-refractivity contribution in [2.75, 3.05) is 6.61 Å². The normalized spacial score (nSPS) is 12.3. The fourth-order valence-electron chi connectivity index (χ4n) is 1.78. The molecule has 2 aromatic rings. The van der Waals surface area contributed by atoms with E-state index in [1.165, 1.54) is 11.9 Å². The average molecular weight is 243 g/mol. The van der Waals surface area contributed by atoms with Crippen molar-refractivity contribution in [3.05, 3.63) is 60.2 Å². The van der Waals surface area contributed by atoms with Crippen LogP contribution in [0.5, 0.6) is 0 Å². The Balaban J connectivity index is 1.86. The van der Waals surface area contributed by atoms with Crippen molar-refractivity contribution in [1.82, 2.24) is 15.3 Å². The highest BCUT2D eigenvalue weighted by Crippen LogP contribution is 2.03. The van der Waals surface area contributed by atoms with Gasteiger partial charge in [-0.05, 0) is 12.0 Å². The summed E-state index contributed by atoms with van der Waals surface area (Å²) in [6, 6.07) is 10.2. The van der Waals surface area contributed by atoms with Gasteiger partial charge in [0.2, 0.25) is 0 Å². The van der Waals surface area contributed by atoms with E-state index in [0.29, 0.717) is 6.54 Å². The number of aromatic nitrogens is 2. The van der Waals surface area contributed by atoms with Gasteiger partial charge in [0.1, 0.15) is 6.33 Å². The smallest absolute Gasteiger partial charge is 0.115 e. The van der Waals surface area contributed by atoms with Crippen molar-refractivity contribution in [2.45, 2.75) is 19.0 Å². The number of hydrogen-bond donors (Lipinski definition) is 2. The number of aliphatic hydroxyl groups excluding tert-OH is 1. The van der Waals surface area contributed by atoms with E-state index < -0.39 is 0 Å². The minimum Gasteiger partial charge on any atom is -0.395 e. The largest absolute Gasteiger partial charge is 0.395 e. The van der Waals surface area contributed by atoms with E-state index in [1.807, 2.05) is 18.2 Å². The lowest BCUT2D eigenvalue weighted by Gasteiger charge is -2.16. The number of aliphatic hydroxyl groups is 1. The molecule has 0 bridgehead atoms. The van der Waals surface area contributed by atoms with Crippen molar-refractivity contribution in [2.24, 2.45) is 0 Å². The van der Waals surface area contributed by atoms with Crippen molar-refractivity contribution in [3.8, 4) is 0 Å². The maximum Gasteiger partial charge on any atom is 0.115 e. The standard InChI is InChI=1S/C14H17N3O/c18-10-14(6-12-4-2-1-3-5-12)17-9-13-7-15-11-16-8-13/h1-5,7-8,11,14,17-18H,6,9-10H2. The zero-order valence-corrected chi connectivity index (χ0v) is 10.2. The second-order valence-corrected chi connectivity index (χ2v) is 4.20. The molecule has 1 unspecified atom stereocenters. The van der Waals surface area contributed by atoms with Crippen LogP contribution < -0.4 is 5.32 Å². The molecule has 0 aliphatic heterocycles. The first-order valence-electron chi connectivity index (χ1n) is 6.00. The van der Waals surface area contributed by atoms with Crippen molar-refractivity contribution in [3.63, 3.8) is 0 Å². The van der Waals surface area contributed by atoms with Gasteiger partial charge in [-0.2, -0.15) is 0 Å². The number of nitrogens with one attached hydrogen (secondary N) is 1. The third-order valence-electron chi connectivity index (χ3n) is 2.75. The zero-order chi connectivity index (χ0) is 12.6. The van der Waals surface area contributed by atoms with E-state index >= 15 is 0 Å². The Hall–Kier alpha value is -1.78. The van der Waals surface area contributed by atoms with Crippen molar-refractivity contribution in [1.29, 1.82) is 0 Å². The summed E-state index contributed by atoms with van der Waals surface area (Å²) in [5.41, 5.74) is 2.23. The Bertz CT molecular complexity index is 447. The average Bonchev–Trinajstić information content (AvgIpc) is 2.45. The minimum absolute atomic E-state index is 0.0487. The van der Waals surface area contributed by atoms with Gasteiger partial charge in [0, 0.05) is 30.5 Å². The number of rotatable bonds is 6. The van der Waals surface area contributed by atoms with Gasteiger partial charge in [0.15, 0.2) is 0 Å². The van der Waals surface area contributed by atoms with Crippen LogP contribution in [0.3, 0.4) is 0 Å². The molecule has 1 atom stereocenters. The van der Waals surface area contributed by atoms with E-state index in [2.05, 4.69) is 27.4 Å². The number of benzene rings is 1. The summed E-state index contributed by atoms with van der Waals surface area (Å²) in [5.74, 6) is 0. The fourth-order valence-corrected chi connectivity index (χ4v) is 1.78. The Morgan fingerprint density at radius 2 is 1.78 bits per heavy atom. The monoisotopic (exact) mass is 243 g/mol. The molecule has 0 amide bonds. The molecule has 0 saturated carbocycles. The molecule has 4 nitrogen and oxygen atoms in total. The molecule has 1 heterocycles. The van der Waals surface area contributed by atoms with E-state index in [0.717, 1.165) is 12.0 Å². The van der Waals surface area contributed by atoms with E-state index in [4.69, 9.17) is 0 Å². The maximum absolute atomic E-state index is 9.37. The van der Waals surface area contributed by atoms with Crippen LogP contribution in [-0.2, 0) is 13.0 Å². The van der Waals surface area contributed by atoms with Gasteiger partial charge in [-0.1, -0.05) is 30.3 Å². The van der Waals surface area contributed by atoms with Crippen LogP contribution in [0.25, 0.3) is 0 Å². The van der Waals surface area contributed by atoms with E-state index in [1.54, 1.807) is 12.4 Å². The maximum atomic E-state index is 9.37. The van der Waals surface area contributed by atoms with Gasteiger partial charge in [0.05, 0.1) is 6.61 Å².